The summed E-state index contributed by atoms with van der Waals surface area (Å²) in [6.07, 6.45) is 2.18. The zero-order valence-corrected chi connectivity index (χ0v) is 9.86. The molecule has 0 fully saturated rings. The van der Waals surface area contributed by atoms with Gasteiger partial charge in [0.05, 0.1) is 14.2 Å². The molecule has 1 radical (unpaired) electrons. The molecule has 0 spiro atoms. The molecule has 17 heavy (non-hydrogen) atoms. The van der Waals surface area contributed by atoms with E-state index in [4.69, 9.17) is 9.47 Å². The molecule has 0 atom stereocenters. The predicted molar refractivity (Wildman–Crippen MR) is 67.5 cm³/mol. The number of fused-ring (bicyclic) bond motifs is 3. The zero-order chi connectivity index (χ0) is 11.8. The summed E-state index contributed by atoms with van der Waals surface area (Å²) in [6.45, 7) is 0. The highest BCUT2D eigenvalue weighted by Gasteiger charge is 2.19. The Hall–Kier alpha value is -1.96. The monoisotopic (exact) mass is 225 g/mol. The van der Waals surface area contributed by atoms with Crippen LogP contribution in [0.4, 0.5) is 0 Å². The van der Waals surface area contributed by atoms with Crippen molar-refractivity contribution in [3.05, 3.63) is 53.9 Å². The lowest BCUT2D eigenvalue weighted by atomic mass is 10.1. The van der Waals surface area contributed by atoms with Gasteiger partial charge in [0.1, 0.15) is 11.5 Å². The van der Waals surface area contributed by atoms with E-state index < -0.39 is 0 Å². The molecule has 85 valence electrons. The third kappa shape index (κ3) is 1.57. The molecular weight excluding hydrogens is 212 g/mol. The van der Waals surface area contributed by atoms with Crippen LogP contribution in [-0.2, 0) is 0 Å². The molecule has 0 aromatic heterocycles. The quantitative estimate of drug-likeness (QED) is 0.666. The zero-order valence-electron chi connectivity index (χ0n) is 9.86. The van der Waals surface area contributed by atoms with Gasteiger partial charge in [-0.05, 0) is 46.5 Å². The number of hydrogen-bond acceptors (Lipinski definition) is 2. The Kier molecular flexibility index (Phi) is 2.29. The summed E-state index contributed by atoms with van der Waals surface area (Å²) in [6, 6.07) is 12.3. The largest absolute Gasteiger partial charge is 0.497 e. The number of hydrogen-bond donors (Lipinski definition) is 0. The van der Waals surface area contributed by atoms with Gasteiger partial charge < -0.3 is 9.47 Å². The molecule has 0 N–H and O–H groups in total. The summed E-state index contributed by atoms with van der Waals surface area (Å²) in [5.41, 5.74) is 4.87. The molecule has 0 unspecified atom stereocenters. The minimum absolute atomic E-state index is 0.882. The Bertz CT molecular complexity index is 522. The van der Waals surface area contributed by atoms with E-state index in [1.807, 2.05) is 12.1 Å². The number of methoxy groups -OCH3 is 2. The SMILES string of the molecule is COc1ccc2c(c1)-c1cc(OC)ccc1[CH]2. The van der Waals surface area contributed by atoms with Gasteiger partial charge in [-0.25, -0.2) is 0 Å². The van der Waals surface area contributed by atoms with Crippen LogP contribution < -0.4 is 9.47 Å². The fraction of sp³-hybridized carbons (Fsp3) is 0.133. The maximum Gasteiger partial charge on any atom is 0.119 e. The molecule has 0 heterocycles. The first-order valence-electron chi connectivity index (χ1n) is 5.53. The Morgan fingerprint density at radius 3 is 1.59 bits per heavy atom. The summed E-state index contributed by atoms with van der Waals surface area (Å²) in [5.74, 6) is 1.76. The summed E-state index contributed by atoms with van der Waals surface area (Å²) < 4.78 is 10.5. The van der Waals surface area contributed by atoms with Crippen molar-refractivity contribution >= 4 is 0 Å². The first-order valence-corrected chi connectivity index (χ1v) is 5.53. The fourth-order valence-corrected chi connectivity index (χ4v) is 2.21. The molecule has 1 aliphatic rings. The summed E-state index contributed by atoms with van der Waals surface area (Å²) >= 11 is 0. The van der Waals surface area contributed by atoms with Crippen molar-refractivity contribution in [2.45, 2.75) is 0 Å². The fourth-order valence-electron chi connectivity index (χ4n) is 2.21. The topological polar surface area (TPSA) is 18.5 Å². The van der Waals surface area contributed by atoms with E-state index in [0.717, 1.165) is 11.5 Å². The number of ether oxygens (including phenoxy) is 2. The number of benzene rings is 2. The van der Waals surface area contributed by atoms with Gasteiger partial charge in [-0.1, -0.05) is 12.1 Å². The molecule has 0 saturated carbocycles. The van der Waals surface area contributed by atoms with E-state index in [2.05, 4.69) is 30.7 Å². The van der Waals surface area contributed by atoms with Gasteiger partial charge in [0.25, 0.3) is 0 Å². The summed E-state index contributed by atoms with van der Waals surface area (Å²) in [7, 11) is 3.37. The van der Waals surface area contributed by atoms with Crippen LogP contribution in [0.1, 0.15) is 11.1 Å². The van der Waals surface area contributed by atoms with Gasteiger partial charge in [0, 0.05) is 6.42 Å². The minimum Gasteiger partial charge on any atom is -0.497 e. The van der Waals surface area contributed by atoms with Gasteiger partial charge in [0.15, 0.2) is 0 Å². The average Bonchev–Trinajstić information content (AvgIpc) is 2.75. The number of rotatable bonds is 2. The van der Waals surface area contributed by atoms with Crippen molar-refractivity contribution in [2.75, 3.05) is 14.2 Å². The molecule has 0 aliphatic heterocycles. The lowest BCUT2D eigenvalue weighted by Gasteiger charge is -2.06. The van der Waals surface area contributed by atoms with Crippen molar-refractivity contribution < 1.29 is 9.47 Å². The molecule has 0 bridgehead atoms. The standard InChI is InChI=1S/C15H13O2/c1-16-12-5-3-10-7-11-4-6-13(17-2)9-15(11)14(10)8-12/h3-9H,1-2H3. The lowest BCUT2D eigenvalue weighted by molar-refractivity contribution is 0.414. The first-order chi connectivity index (χ1) is 8.31. The molecule has 2 nitrogen and oxygen atoms in total. The van der Waals surface area contributed by atoms with Crippen LogP contribution in [0.3, 0.4) is 0 Å². The maximum absolute atomic E-state index is 5.27. The van der Waals surface area contributed by atoms with E-state index in [-0.39, 0.29) is 0 Å². The van der Waals surface area contributed by atoms with Crippen molar-refractivity contribution in [3.63, 3.8) is 0 Å². The van der Waals surface area contributed by atoms with Gasteiger partial charge in [-0.3, -0.25) is 0 Å². The highest BCUT2D eigenvalue weighted by molar-refractivity contribution is 5.82. The van der Waals surface area contributed by atoms with Crippen molar-refractivity contribution in [3.8, 4) is 22.6 Å². The summed E-state index contributed by atoms with van der Waals surface area (Å²) in [4.78, 5) is 0. The predicted octanol–water partition coefficient (Wildman–Crippen LogP) is 3.28. The van der Waals surface area contributed by atoms with E-state index in [9.17, 15) is 0 Å². The van der Waals surface area contributed by atoms with E-state index in [1.165, 1.54) is 22.3 Å². The molecule has 2 aromatic carbocycles. The Morgan fingerprint density at radius 1 is 0.706 bits per heavy atom. The Morgan fingerprint density at radius 2 is 1.18 bits per heavy atom. The third-order valence-corrected chi connectivity index (χ3v) is 3.12. The third-order valence-electron chi connectivity index (χ3n) is 3.12. The van der Waals surface area contributed by atoms with Crippen LogP contribution >= 0.6 is 0 Å². The van der Waals surface area contributed by atoms with Gasteiger partial charge in [0.2, 0.25) is 0 Å². The minimum atomic E-state index is 0.882. The van der Waals surface area contributed by atoms with E-state index in [0.29, 0.717) is 0 Å². The second kappa shape index (κ2) is 3.81. The summed E-state index contributed by atoms with van der Waals surface area (Å²) in [5, 5.41) is 0. The Balaban J connectivity index is 2.17. The van der Waals surface area contributed by atoms with Gasteiger partial charge >= 0.3 is 0 Å². The molecule has 3 rings (SSSR count). The molecule has 0 saturated heterocycles. The van der Waals surface area contributed by atoms with Crippen LogP contribution in [-0.4, -0.2) is 14.2 Å². The van der Waals surface area contributed by atoms with Crippen LogP contribution in [0.25, 0.3) is 11.1 Å². The first kappa shape index (κ1) is 10.2. The highest BCUT2D eigenvalue weighted by atomic mass is 16.5. The maximum atomic E-state index is 5.27. The van der Waals surface area contributed by atoms with Crippen molar-refractivity contribution in [1.29, 1.82) is 0 Å². The molecular formula is C15H13O2. The second-order valence-electron chi connectivity index (χ2n) is 4.05. The van der Waals surface area contributed by atoms with Gasteiger partial charge in [-0.2, -0.15) is 0 Å². The average molecular weight is 225 g/mol. The lowest BCUT2D eigenvalue weighted by Crippen LogP contribution is -1.85. The molecule has 0 amide bonds. The normalized spacial score (nSPS) is 11.9. The van der Waals surface area contributed by atoms with Crippen LogP contribution in [0.5, 0.6) is 11.5 Å². The second-order valence-corrected chi connectivity index (χ2v) is 4.05. The van der Waals surface area contributed by atoms with Gasteiger partial charge in [-0.15, -0.1) is 0 Å². The van der Waals surface area contributed by atoms with Crippen molar-refractivity contribution in [2.24, 2.45) is 0 Å². The van der Waals surface area contributed by atoms with Crippen LogP contribution in [0.2, 0.25) is 0 Å². The molecule has 2 aromatic rings. The van der Waals surface area contributed by atoms with E-state index >= 15 is 0 Å². The van der Waals surface area contributed by atoms with Crippen LogP contribution in [0, 0.1) is 6.42 Å². The molecule has 2 heteroatoms. The smallest absolute Gasteiger partial charge is 0.119 e. The van der Waals surface area contributed by atoms with E-state index in [1.54, 1.807) is 14.2 Å². The van der Waals surface area contributed by atoms with Crippen molar-refractivity contribution in [1.82, 2.24) is 0 Å². The Labute approximate surface area is 101 Å². The molecule has 1 aliphatic carbocycles. The van der Waals surface area contributed by atoms with Crippen LogP contribution in [0.15, 0.2) is 36.4 Å². The highest BCUT2D eigenvalue weighted by Crippen LogP contribution is 2.41.